The number of hydrogen-bond acceptors (Lipinski definition) is 4. The normalized spacial score (nSPS) is 13.7. The number of carbonyl (C=O) groups is 2. The van der Waals surface area contributed by atoms with Crippen molar-refractivity contribution in [1.82, 2.24) is 4.90 Å². The molecule has 1 N–H and O–H groups in total. The Morgan fingerprint density at radius 3 is 2.54 bits per heavy atom. The van der Waals surface area contributed by atoms with Gasteiger partial charge in [0.1, 0.15) is 0 Å². The second kappa shape index (κ2) is 9.26. The molecule has 1 aliphatic rings. The first kappa shape index (κ1) is 19.7. The van der Waals surface area contributed by atoms with Gasteiger partial charge in [-0.3, -0.25) is 9.59 Å². The van der Waals surface area contributed by atoms with Crippen LogP contribution in [0, 0.1) is 6.92 Å². The van der Waals surface area contributed by atoms with Crippen LogP contribution in [0.2, 0.25) is 0 Å². The van der Waals surface area contributed by atoms with E-state index in [-0.39, 0.29) is 18.4 Å². The highest BCUT2D eigenvalue weighted by Gasteiger charge is 2.21. The van der Waals surface area contributed by atoms with Gasteiger partial charge in [-0.1, -0.05) is 18.2 Å². The SMILES string of the molecule is COc1cc(C)ccc1OCC(=O)Nc1ccccc1C(=O)N1CCCCC1. The number of carbonyl (C=O) groups excluding carboxylic acids is 2. The lowest BCUT2D eigenvalue weighted by Gasteiger charge is -2.27. The van der Waals surface area contributed by atoms with E-state index in [1.807, 2.05) is 24.0 Å². The van der Waals surface area contributed by atoms with Crippen LogP contribution in [-0.4, -0.2) is 43.5 Å². The first-order chi connectivity index (χ1) is 13.6. The molecule has 0 atom stereocenters. The van der Waals surface area contributed by atoms with Crippen LogP contribution in [0.5, 0.6) is 11.5 Å². The Morgan fingerprint density at radius 2 is 1.79 bits per heavy atom. The van der Waals surface area contributed by atoms with Gasteiger partial charge < -0.3 is 19.7 Å². The number of methoxy groups -OCH3 is 1. The van der Waals surface area contributed by atoms with E-state index in [4.69, 9.17) is 9.47 Å². The van der Waals surface area contributed by atoms with Gasteiger partial charge in [0.15, 0.2) is 18.1 Å². The first-order valence-corrected chi connectivity index (χ1v) is 9.54. The van der Waals surface area contributed by atoms with E-state index >= 15 is 0 Å². The number of para-hydroxylation sites is 1. The molecule has 0 unspecified atom stereocenters. The number of rotatable bonds is 6. The number of nitrogens with one attached hydrogen (secondary N) is 1. The Hall–Kier alpha value is -3.02. The van der Waals surface area contributed by atoms with Crippen LogP contribution in [0.15, 0.2) is 42.5 Å². The second-order valence-corrected chi connectivity index (χ2v) is 6.89. The highest BCUT2D eigenvalue weighted by molar-refractivity contribution is 6.04. The summed E-state index contributed by atoms with van der Waals surface area (Å²) in [5.41, 5.74) is 2.05. The van der Waals surface area contributed by atoms with E-state index in [1.165, 1.54) is 0 Å². The molecule has 6 nitrogen and oxygen atoms in total. The van der Waals surface area contributed by atoms with Crippen molar-refractivity contribution in [3.63, 3.8) is 0 Å². The molecule has 28 heavy (non-hydrogen) atoms. The summed E-state index contributed by atoms with van der Waals surface area (Å²) in [6.07, 6.45) is 3.20. The molecule has 0 bridgehead atoms. The average molecular weight is 382 g/mol. The van der Waals surface area contributed by atoms with Crippen molar-refractivity contribution in [2.75, 3.05) is 32.1 Å². The Kier molecular flexibility index (Phi) is 6.53. The third-order valence-electron chi connectivity index (χ3n) is 4.75. The molecule has 1 fully saturated rings. The molecule has 1 saturated heterocycles. The van der Waals surface area contributed by atoms with Crippen molar-refractivity contribution in [2.45, 2.75) is 26.2 Å². The van der Waals surface area contributed by atoms with Gasteiger partial charge in [-0.15, -0.1) is 0 Å². The van der Waals surface area contributed by atoms with Crippen molar-refractivity contribution in [3.8, 4) is 11.5 Å². The third kappa shape index (κ3) is 4.82. The Labute approximate surface area is 165 Å². The zero-order chi connectivity index (χ0) is 19.9. The lowest BCUT2D eigenvalue weighted by atomic mass is 10.1. The van der Waals surface area contributed by atoms with E-state index in [1.54, 1.807) is 37.4 Å². The summed E-state index contributed by atoms with van der Waals surface area (Å²) in [6.45, 7) is 3.30. The summed E-state index contributed by atoms with van der Waals surface area (Å²) in [5.74, 6) is 0.702. The molecule has 2 aromatic carbocycles. The van der Waals surface area contributed by atoms with Gasteiger partial charge in [0.2, 0.25) is 0 Å². The largest absolute Gasteiger partial charge is 0.493 e. The molecule has 0 spiro atoms. The van der Waals surface area contributed by atoms with Crippen LogP contribution in [-0.2, 0) is 4.79 Å². The van der Waals surface area contributed by atoms with Gasteiger partial charge >= 0.3 is 0 Å². The van der Waals surface area contributed by atoms with E-state index in [0.29, 0.717) is 22.7 Å². The van der Waals surface area contributed by atoms with Gasteiger partial charge in [-0.25, -0.2) is 0 Å². The van der Waals surface area contributed by atoms with Crippen LogP contribution in [0.1, 0.15) is 35.2 Å². The van der Waals surface area contributed by atoms with Crippen LogP contribution < -0.4 is 14.8 Å². The number of anilines is 1. The van der Waals surface area contributed by atoms with Gasteiger partial charge in [0.25, 0.3) is 11.8 Å². The molecule has 148 valence electrons. The minimum atomic E-state index is -0.332. The highest BCUT2D eigenvalue weighted by Crippen LogP contribution is 2.27. The molecule has 0 aliphatic carbocycles. The Bertz CT molecular complexity index is 844. The van der Waals surface area contributed by atoms with Crippen LogP contribution in [0.4, 0.5) is 5.69 Å². The molecule has 3 rings (SSSR count). The molecule has 0 saturated carbocycles. The maximum atomic E-state index is 12.8. The molecule has 2 amide bonds. The van der Waals surface area contributed by atoms with Gasteiger partial charge in [0, 0.05) is 13.1 Å². The minimum Gasteiger partial charge on any atom is -0.493 e. The lowest BCUT2D eigenvalue weighted by molar-refractivity contribution is -0.118. The minimum absolute atomic E-state index is 0.0447. The number of likely N-dealkylation sites (tertiary alicyclic amines) is 1. The monoisotopic (exact) mass is 382 g/mol. The number of benzene rings is 2. The Balaban J connectivity index is 1.65. The van der Waals surface area contributed by atoms with E-state index in [2.05, 4.69) is 5.32 Å². The standard InChI is InChI=1S/C22H26N2O4/c1-16-10-11-19(20(14-16)27-2)28-15-21(25)23-18-9-5-4-8-17(18)22(26)24-12-6-3-7-13-24/h4-5,8-11,14H,3,6-7,12-13,15H2,1-2H3,(H,23,25). The fourth-order valence-electron chi connectivity index (χ4n) is 3.27. The molecular formula is C22H26N2O4. The zero-order valence-corrected chi connectivity index (χ0v) is 16.4. The van der Waals surface area contributed by atoms with Crippen LogP contribution >= 0.6 is 0 Å². The number of aryl methyl sites for hydroxylation is 1. The molecule has 6 heteroatoms. The maximum absolute atomic E-state index is 12.8. The second-order valence-electron chi connectivity index (χ2n) is 6.89. The quantitative estimate of drug-likeness (QED) is 0.828. The molecule has 1 aliphatic heterocycles. The smallest absolute Gasteiger partial charge is 0.262 e. The van der Waals surface area contributed by atoms with Crippen LogP contribution in [0.25, 0.3) is 0 Å². The van der Waals surface area contributed by atoms with Crippen molar-refractivity contribution in [2.24, 2.45) is 0 Å². The lowest BCUT2D eigenvalue weighted by Crippen LogP contribution is -2.36. The fourth-order valence-corrected chi connectivity index (χ4v) is 3.27. The van der Waals surface area contributed by atoms with E-state index in [0.717, 1.165) is 37.9 Å². The van der Waals surface area contributed by atoms with Crippen LogP contribution in [0.3, 0.4) is 0 Å². The number of ether oxygens (including phenoxy) is 2. The summed E-state index contributed by atoms with van der Waals surface area (Å²) in [7, 11) is 1.56. The van der Waals surface area contributed by atoms with Gasteiger partial charge in [-0.2, -0.15) is 0 Å². The number of amides is 2. The average Bonchev–Trinajstić information content (AvgIpc) is 2.73. The zero-order valence-electron chi connectivity index (χ0n) is 16.4. The van der Waals surface area contributed by atoms with Crippen molar-refractivity contribution < 1.29 is 19.1 Å². The van der Waals surface area contributed by atoms with E-state index in [9.17, 15) is 9.59 Å². The fraction of sp³-hybridized carbons (Fsp3) is 0.364. The summed E-state index contributed by atoms with van der Waals surface area (Å²) in [5, 5.41) is 2.80. The van der Waals surface area contributed by atoms with Crippen molar-refractivity contribution in [3.05, 3.63) is 53.6 Å². The summed E-state index contributed by atoms with van der Waals surface area (Å²) < 4.78 is 10.9. The van der Waals surface area contributed by atoms with Crippen molar-refractivity contribution >= 4 is 17.5 Å². The summed E-state index contributed by atoms with van der Waals surface area (Å²) in [6, 6.07) is 12.6. The molecule has 1 heterocycles. The summed E-state index contributed by atoms with van der Waals surface area (Å²) in [4.78, 5) is 27.1. The highest BCUT2D eigenvalue weighted by atomic mass is 16.5. The van der Waals surface area contributed by atoms with Crippen molar-refractivity contribution in [1.29, 1.82) is 0 Å². The number of nitrogens with zero attached hydrogens (tertiary/aromatic N) is 1. The topological polar surface area (TPSA) is 67.9 Å². The first-order valence-electron chi connectivity index (χ1n) is 9.54. The molecular weight excluding hydrogens is 356 g/mol. The molecule has 0 radical (unpaired) electrons. The number of piperidine rings is 1. The molecule has 2 aromatic rings. The van der Waals surface area contributed by atoms with Gasteiger partial charge in [-0.05, 0) is 56.0 Å². The third-order valence-corrected chi connectivity index (χ3v) is 4.75. The Morgan fingerprint density at radius 1 is 1.04 bits per heavy atom. The molecule has 0 aromatic heterocycles. The van der Waals surface area contributed by atoms with Gasteiger partial charge in [0.05, 0.1) is 18.4 Å². The maximum Gasteiger partial charge on any atom is 0.262 e. The van der Waals surface area contributed by atoms with E-state index < -0.39 is 0 Å². The summed E-state index contributed by atoms with van der Waals surface area (Å²) >= 11 is 0. The number of hydrogen-bond donors (Lipinski definition) is 1. The predicted molar refractivity (Wildman–Crippen MR) is 108 cm³/mol. The predicted octanol–water partition coefficient (Wildman–Crippen LogP) is 3.65.